The Hall–Kier alpha value is -2.54. The molecule has 0 saturated carbocycles. The first kappa shape index (κ1) is 21.2. The van der Waals surface area contributed by atoms with Gasteiger partial charge in [-0.3, -0.25) is 4.98 Å². The minimum atomic E-state index is -0.524. The van der Waals surface area contributed by atoms with E-state index in [9.17, 15) is 9.90 Å². The van der Waals surface area contributed by atoms with Gasteiger partial charge in [0.2, 0.25) is 0 Å². The summed E-state index contributed by atoms with van der Waals surface area (Å²) in [4.78, 5) is 18.5. The topological polar surface area (TPSA) is 71.9 Å². The van der Waals surface area contributed by atoms with Crippen LogP contribution in [0.4, 0.5) is 4.79 Å². The summed E-state index contributed by atoms with van der Waals surface area (Å²) < 4.78 is 12.2. The molecular weight excluding hydrogens is 436 g/mol. The van der Waals surface area contributed by atoms with Gasteiger partial charge in [0.25, 0.3) is 0 Å². The van der Waals surface area contributed by atoms with Crippen molar-refractivity contribution in [2.75, 3.05) is 6.54 Å². The van der Waals surface area contributed by atoms with Crippen molar-refractivity contribution < 1.29 is 19.4 Å². The minimum absolute atomic E-state index is 0.0634. The van der Waals surface area contributed by atoms with E-state index >= 15 is 0 Å². The highest BCUT2D eigenvalue weighted by Gasteiger charge is 2.33. The average Bonchev–Trinajstić information content (AvgIpc) is 3.13. The Labute approximate surface area is 179 Å². The van der Waals surface area contributed by atoms with Crippen LogP contribution in [0.3, 0.4) is 0 Å². The Morgan fingerprint density at radius 3 is 2.66 bits per heavy atom. The summed E-state index contributed by atoms with van der Waals surface area (Å²) in [7, 11) is 0. The van der Waals surface area contributed by atoms with Gasteiger partial charge in [-0.05, 0) is 75.6 Å². The summed E-state index contributed by atoms with van der Waals surface area (Å²) in [5.74, 6) is 1.37. The van der Waals surface area contributed by atoms with Crippen LogP contribution in [0, 0.1) is 0 Å². The molecule has 6 nitrogen and oxygen atoms in total. The van der Waals surface area contributed by atoms with Gasteiger partial charge in [0, 0.05) is 17.2 Å². The fourth-order valence-corrected chi connectivity index (χ4v) is 3.81. The number of pyridine rings is 1. The maximum atomic E-state index is 12.5. The second-order valence-electron chi connectivity index (χ2n) is 7.91. The molecule has 1 fully saturated rings. The van der Waals surface area contributed by atoms with Gasteiger partial charge in [0.1, 0.15) is 22.8 Å². The Bertz CT molecular complexity index is 890. The standard InChI is InChI=1S/C22H25BrN2O4/c1-22(2,3)29-21(27)25-10-4-5-20(25)19(23)12-15-11-18(14-24-13-15)28-17-8-6-16(26)7-9-17/h6-9,11-14,20,26H,4-5,10H2,1-3H3. The van der Waals surface area contributed by atoms with Crippen LogP contribution in [0.1, 0.15) is 39.2 Å². The highest BCUT2D eigenvalue weighted by atomic mass is 79.9. The number of halogens is 1. The van der Waals surface area contributed by atoms with E-state index in [2.05, 4.69) is 20.9 Å². The molecule has 2 heterocycles. The molecule has 29 heavy (non-hydrogen) atoms. The fourth-order valence-electron chi connectivity index (χ4n) is 3.07. The molecule has 1 atom stereocenters. The highest BCUT2D eigenvalue weighted by Crippen LogP contribution is 2.31. The SMILES string of the molecule is CC(C)(C)OC(=O)N1CCCC1C(Br)=Cc1cncc(Oc2ccc(O)cc2)c1. The third-order valence-corrected chi connectivity index (χ3v) is 5.07. The summed E-state index contributed by atoms with van der Waals surface area (Å²) in [5.41, 5.74) is 0.328. The molecule has 1 unspecified atom stereocenters. The van der Waals surface area contributed by atoms with E-state index in [0.29, 0.717) is 18.0 Å². The van der Waals surface area contributed by atoms with Gasteiger partial charge in [0.05, 0.1) is 12.2 Å². The number of rotatable bonds is 4. The zero-order valence-corrected chi connectivity index (χ0v) is 18.3. The normalized spacial score (nSPS) is 17.3. The molecule has 1 aromatic carbocycles. The van der Waals surface area contributed by atoms with Crippen LogP contribution in [0.5, 0.6) is 17.2 Å². The number of amides is 1. The summed E-state index contributed by atoms with van der Waals surface area (Å²) >= 11 is 3.64. The monoisotopic (exact) mass is 460 g/mol. The number of aromatic hydroxyl groups is 1. The number of phenolic OH excluding ortho intramolecular Hbond substituents is 1. The number of aromatic nitrogens is 1. The van der Waals surface area contributed by atoms with Gasteiger partial charge in [-0.1, -0.05) is 15.9 Å². The lowest BCUT2D eigenvalue weighted by molar-refractivity contribution is 0.0254. The van der Waals surface area contributed by atoms with Gasteiger partial charge in [-0.15, -0.1) is 0 Å². The lowest BCUT2D eigenvalue weighted by Crippen LogP contribution is -2.39. The average molecular weight is 461 g/mol. The van der Waals surface area contributed by atoms with Crippen molar-refractivity contribution in [2.45, 2.75) is 45.3 Å². The van der Waals surface area contributed by atoms with Crippen molar-refractivity contribution in [3.63, 3.8) is 0 Å². The first-order chi connectivity index (χ1) is 13.7. The van der Waals surface area contributed by atoms with Crippen molar-refractivity contribution in [1.29, 1.82) is 0 Å². The number of carbonyl (C=O) groups is 1. The van der Waals surface area contributed by atoms with Crippen LogP contribution < -0.4 is 4.74 Å². The van der Waals surface area contributed by atoms with Crippen LogP contribution in [0.25, 0.3) is 6.08 Å². The van der Waals surface area contributed by atoms with E-state index in [-0.39, 0.29) is 17.9 Å². The van der Waals surface area contributed by atoms with E-state index in [0.717, 1.165) is 22.9 Å². The van der Waals surface area contributed by atoms with Gasteiger partial charge in [-0.2, -0.15) is 0 Å². The molecular formula is C22H25BrN2O4. The van der Waals surface area contributed by atoms with Crippen molar-refractivity contribution in [1.82, 2.24) is 9.88 Å². The van der Waals surface area contributed by atoms with Crippen molar-refractivity contribution in [3.8, 4) is 17.2 Å². The molecule has 3 rings (SSSR count). The third kappa shape index (κ3) is 5.97. The lowest BCUT2D eigenvalue weighted by Gasteiger charge is -2.28. The number of hydrogen-bond donors (Lipinski definition) is 1. The Morgan fingerprint density at radius 2 is 1.97 bits per heavy atom. The summed E-state index contributed by atoms with van der Waals surface area (Å²) in [6.45, 7) is 6.27. The molecule has 1 amide bonds. The molecule has 1 aliphatic rings. The first-order valence-corrected chi connectivity index (χ1v) is 10.3. The van der Waals surface area contributed by atoms with Gasteiger partial charge >= 0.3 is 6.09 Å². The molecule has 0 spiro atoms. The summed E-state index contributed by atoms with van der Waals surface area (Å²) in [6, 6.07) is 8.30. The summed E-state index contributed by atoms with van der Waals surface area (Å²) in [5, 5.41) is 9.37. The molecule has 1 saturated heterocycles. The number of carbonyl (C=O) groups excluding carboxylic acids is 1. The number of hydrogen-bond acceptors (Lipinski definition) is 5. The molecule has 1 aliphatic heterocycles. The molecule has 154 valence electrons. The number of nitrogens with zero attached hydrogens (tertiary/aromatic N) is 2. The highest BCUT2D eigenvalue weighted by molar-refractivity contribution is 9.11. The predicted octanol–water partition coefficient (Wildman–Crippen LogP) is 5.71. The minimum Gasteiger partial charge on any atom is -0.508 e. The van der Waals surface area contributed by atoms with Gasteiger partial charge in [0.15, 0.2) is 0 Å². The van der Waals surface area contributed by atoms with Gasteiger partial charge in [-0.25, -0.2) is 4.79 Å². The molecule has 2 aromatic rings. The molecule has 1 aromatic heterocycles. The fraction of sp³-hybridized carbons (Fsp3) is 0.364. The molecule has 7 heteroatoms. The van der Waals surface area contributed by atoms with Crippen molar-refractivity contribution >= 4 is 28.1 Å². The van der Waals surface area contributed by atoms with Crippen molar-refractivity contribution in [3.05, 3.63) is 52.8 Å². The van der Waals surface area contributed by atoms with Crippen molar-refractivity contribution in [2.24, 2.45) is 0 Å². The maximum Gasteiger partial charge on any atom is 0.410 e. The molecule has 1 N–H and O–H groups in total. The maximum absolute atomic E-state index is 12.5. The lowest BCUT2D eigenvalue weighted by atomic mass is 10.1. The second-order valence-corrected chi connectivity index (χ2v) is 8.83. The van der Waals surface area contributed by atoms with E-state index in [1.807, 2.05) is 32.9 Å². The predicted molar refractivity (Wildman–Crippen MR) is 115 cm³/mol. The van der Waals surface area contributed by atoms with E-state index < -0.39 is 5.60 Å². The van der Waals surface area contributed by atoms with Crippen LogP contribution >= 0.6 is 15.9 Å². The van der Waals surface area contributed by atoms with Crippen LogP contribution in [0.2, 0.25) is 0 Å². The quantitative estimate of drug-likeness (QED) is 0.631. The van der Waals surface area contributed by atoms with Gasteiger partial charge < -0.3 is 19.5 Å². The zero-order valence-electron chi connectivity index (χ0n) is 16.8. The van der Waals surface area contributed by atoms with E-state index in [1.165, 1.54) is 0 Å². The van der Waals surface area contributed by atoms with Crippen LogP contribution in [-0.4, -0.2) is 39.3 Å². The van der Waals surface area contributed by atoms with Crippen LogP contribution in [-0.2, 0) is 4.74 Å². The number of ether oxygens (including phenoxy) is 2. The Morgan fingerprint density at radius 1 is 1.24 bits per heavy atom. The second kappa shape index (κ2) is 8.86. The smallest absolute Gasteiger partial charge is 0.410 e. The Kier molecular flexibility index (Phi) is 6.47. The molecule has 0 bridgehead atoms. The number of benzene rings is 1. The zero-order chi connectivity index (χ0) is 21.0. The molecule has 0 aliphatic carbocycles. The number of likely N-dealkylation sites (tertiary alicyclic amines) is 1. The Balaban J connectivity index is 1.73. The van der Waals surface area contributed by atoms with E-state index in [4.69, 9.17) is 9.47 Å². The largest absolute Gasteiger partial charge is 0.508 e. The first-order valence-electron chi connectivity index (χ1n) is 9.50. The van der Waals surface area contributed by atoms with E-state index in [1.54, 1.807) is 41.6 Å². The number of phenols is 1. The molecule has 0 radical (unpaired) electrons. The van der Waals surface area contributed by atoms with Crippen LogP contribution in [0.15, 0.2) is 47.2 Å². The third-order valence-electron chi connectivity index (χ3n) is 4.31. The summed E-state index contributed by atoms with van der Waals surface area (Å²) in [6.07, 6.45) is 6.80.